The van der Waals surface area contributed by atoms with Gasteiger partial charge in [0.15, 0.2) is 0 Å². The van der Waals surface area contributed by atoms with Crippen LogP contribution in [-0.2, 0) is 0 Å². The Kier molecular flexibility index (Phi) is 7.87. The van der Waals surface area contributed by atoms with Crippen molar-refractivity contribution < 1.29 is 0 Å². The molecule has 0 aromatic rings. The van der Waals surface area contributed by atoms with Crippen LogP contribution in [0.2, 0.25) is 0 Å². The highest BCUT2D eigenvalue weighted by atomic mass is 32.2. The summed E-state index contributed by atoms with van der Waals surface area (Å²) in [4.78, 5) is 0. The van der Waals surface area contributed by atoms with E-state index in [2.05, 4.69) is 39.3 Å². The Hall–Kier alpha value is 0.310. The Morgan fingerprint density at radius 3 is 2.00 bits per heavy atom. The number of hydrogen-bond acceptors (Lipinski definition) is 2. The number of rotatable bonds is 7. The predicted molar refractivity (Wildman–Crippen MR) is 64.4 cm³/mol. The van der Waals surface area contributed by atoms with Crippen molar-refractivity contribution in [2.75, 3.05) is 25.1 Å². The smallest absolute Gasteiger partial charge is 0.00553 e. The molecule has 1 N–H and O–H groups in total. The van der Waals surface area contributed by atoms with E-state index in [4.69, 9.17) is 0 Å². The minimum atomic E-state index is 0.793. The number of nitrogens with one attached hydrogen (secondary N) is 1. The van der Waals surface area contributed by atoms with Crippen LogP contribution >= 0.6 is 11.8 Å². The molecule has 0 fully saturated rings. The molecule has 0 radical (unpaired) electrons. The lowest BCUT2D eigenvalue weighted by molar-refractivity contribution is 0.278. The average molecular weight is 203 g/mol. The van der Waals surface area contributed by atoms with Gasteiger partial charge in [0.05, 0.1) is 0 Å². The SMILES string of the molecule is CSCCNCC(C(C)C)C(C)C. The molecule has 0 bridgehead atoms. The van der Waals surface area contributed by atoms with Gasteiger partial charge in [0, 0.05) is 12.3 Å². The second kappa shape index (κ2) is 7.69. The first kappa shape index (κ1) is 13.3. The van der Waals surface area contributed by atoms with Crippen molar-refractivity contribution in [1.29, 1.82) is 0 Å². The lowest BCUT2D eigenvalue weighted by Gasteiger charge is -2.25. The van der Waals surface area contributed by atoms with E-state index in [0.29, 0.717) is 0 Å². The van der Waals surface area contributed by atoms with Crippen molar-refractivity contribution in [3.8, 4) is 0 Å². The van der Waals surface area contributed by atoms with Gasteiger partial charge in [-0.2, -0.15) is 11.8 Å². The van der Waals surface area contributed by atoms with Gasteiger partial charge < -0.3 is 5.32 Å². The fourth-order valence-corrected chi connectivity index (χ4v) is 2.03. The van der Waals surface area contributed by atoms with Crippen molar-refractivity contribution in [3.63, 3.8) is 0 Å². The maximum Gasteiger partial charge on any atom is 0.00553 e. The van der Waals surface area contributed by atoms with E-state index < -0.39 is 0 Å². The minimum absolute atomic E-state index is 0.793. The third-order valence-electron chi connectivity index (χ3n) is 2.58. The summed E-state index contributed by atoms with van der Waals surface area (Å²) in [6, 6.07) is 0. The number of thioether (sulfide) groups is 1. The first-order valence-corrected chi connectivity index (χ1v) is 6.68. The zero-order valence-electron chi connectivity index (χ0n) is 9.76. The maximum atomic E-state index is 3.53. The Morgan fingerprint density at radius 2 is 1.62 bits per heavy atom. The van der Waals surface area contributed by atoms with Crippen molar-refractivity contribution in [2.45, 2.75) is 27.7 Å². The van der Waals surface area contributed by atoms with Crippen molar-refractivity contribution in [2.24, 2.45) is 17.8 Å². The average Bonchev–Trinajstić information content (AvgIpc) is 2.02. The number of hydrogen-bond donors (Lipinski definition) is 1. The van der Waals surface area contributed by atoms with E-state index in [9.17, 15) is 0 Å². The fourth-order valence-electron chi connectivity index (χ4n) is 1.68. The molecular weight excluding hydrogens is 178 g/mol. The normalized spacial score (nSPS) is 12.0. The summed E-state index contributed by atoms with van der Waals surface area (Å²) in [5.41, 5.74) is 0. The molecule has 2 heteroatoms. The van der Waals surface area contributed by atoms with E-state index >= 15 is 0 Å². The second-order valence-corrected chi connectivity index (χ2v) is 5.33. The van der Waals surface area contributed by atoms with Crippen LogP contribution in [0.1, 0.15) is 27.7 Å². The van der Waals surface area contributed by atoms with Crippen LogP contribution in [0.3, 0.4) is 0 Å². The van der Waals surface area contributed by atoms with Gasteiger partial charge in [-0.1, -0.05) is 27.7 Å². The summed E-state index contributed by atoms with van der Waals surface area (Å²) in [7, 11) is 0. The van der Waals surface area contributed by atoms with Crippen LogP contribution in [0.25, 0.3) is 0 Å². The zero-order valence-corrected chi connectivity index (χ0v) is 10.6. The summed E-state index contributed by atoms with van der Waals surface area (Å²) in [6.45, 7) is 11.6. The van der Waals surface area contributed by atoms with Crippen LogP contribution in [0.4, 0.5) is 0 Å². The lowest BCUT2D eigenvalue weighted by Crippen LogP contribution is -2.31. The highest BCUT2D eigenvalue weighted by molar-refractivity contribution is 7.98. The molecule has 0 aliphatic rings. The van der Waals surface area contributed by atoms with Crippen molar-refractivity contribution in [1.82, 2.24) is 5.32 Å². The Bertz CT molecular complexity index is 105. The van der Waals surface area contributed by atoms with Crippen LogP contribution in [0, 0.1) is 17.8 Å². The van der Waals surface area contributed by atoms with Gasteiger partial charge in [-0.15, -0.1) is 0 Å². The summed E-state index contributed by atoms with van der Waals surface area (Å²) in [6.07, 6.45) is 2.16. The summed E-state index contributed by atoms with van der Waals surface area (Å²) in [5.74, 6) is 3.63. The zero-order chi connectivity index (χ0) is 10.3. The summed E-state index contributed by atoms with van der Waals surface area (Å²) in [5, 5.41) is 3.53. The molecule has 0 heterocycles. The Morgan fingerprint density at radius 1 is 1.08 bits per heavy atom. The van der Waals surface area contributed by atoms with E-state index in [1.165, 1.54) is 12.3 Å². The van der Waals surface area contributed by atoms with Crippen molar-refractivity contribution >= 4 is 11.8 Å². The lowest BCUT2D eigenvalue weighted by atomic mass is 9.85. The first-order chi connectivity index (χ1) is 6.09. The Labute approximate surface area is 88.1 Å². The van der Waals surface area contributed by atoms with Crippen molar-refractivity contribution in [3.05, 3.63) is 0 Å². The van der Waals surface area contributed by atoms with E-state index in [1.54, 1.807) is 0 Å². The van der Waals surface area contributed by atoms with Gasteiger partial charge in [0.25, 0.3) is 0 Å². The largest absolute Gasteiger partial charge is 0.316 e. The summed E-state index contributed by atoms with van der Waals surface area (Å²) < 4.78 is 0. The second-order valence-electron chi connectivity index (χ2n) is 4.35. The molecule has 0 spiro atoms. The first-order valence-electron chi connectivity index (χ1n) is 5.29. The third-order valence-corrected chi connectivity index (χ3v) is 3.19. The maximum absolute atomic E-state index is 3.53. The van der Waals surface area contributed by atoms with Gasteiger partial charge in [0.1, 0.15) is 0 Å². The molecule has 0 aromatic heterocycles. The monoisotopic (exact) mass is 203 g/mol. The molecule has 13 heavy (non-hydrogen) atoms. The molecule has 0 unspecified atom stereocenters. The van der Waals surface area contributed by atoms with Crippen LogP contribution < -0.4 is 5.32 Å². The molecule has 0 aliphatic carbocycles. The van der Waals surface area contributed by atoms with E-state index in [0.717, 1.165) is 24.3 Å². The molecular formula is C11H25NS. The molecule has 0 aliphatic heterocycles. The minimum Gasteiger partial charge on any atom is -0.316 e. The highest BCUT2D eigenvalue weighted by Crippen LogP contribution is 2.19. The van der Waals surface area contributed by atoms with Gasteiger partial charge in [-0.3, -0.25) is 0 Å². The molecule has 0 saturated heterocycles. The van der Waals surface area contributed by atoms with Gasteiger partial charge in [-0.25, -0.2) is 0 Å². The molecule has 0 rings (SSSR count). The molecule has 0 atom stereocenters. The molecule has 80 valence electrons. The standard InChI is InChI=1S/C11H25NS/c1-9(2)11(10(3)4)8-12-6-7-13-5/h9-12H,6-8H2,1-5H3. The third kappa shape index (κ3) is 6.39. The van der Waals surface area contributed by atoms with Crippen LogP contribution in [0.5, 0.6) is 0 Å². The van der Waals surface area contributed by atoms with Crippen LogP contribution in [0.15, 0.2) is 0 Å². The molecule has 0 amide bonds. The van der Waals surface area contributed by atoms with Crippen LogP contribution in [-0.4, -0.2) is 25.1 Å². The van der Waals surface area contributed by atoms with E-state index in [1.807, 2.05) is 11.8 Å². The van der Waals surface area contributed by atoms with Gasteiger partial charge in [0.2, 0.25) is 0 Å². The predicted octanol–water partition coefficient (Wildman–Crippen LogP) is 2.87. The molecule has 0 aromatic carbocycles. The highest BCUT2D eigenvalue weighted by Gasteiger charge is 2.16. The summed E-state index contributed by atoms with van der Waals surface area (Å²) >= 11 is 1.91. The van der Waals surface area contributed by atoms with E-state index in [-0.39, 0.29) is 0 Å². The van der Waals surface area contributed by atoms with Gasteiger partial charge >= 0.3 is 0 Å². The fraction of sp³-hybridized carbons (Fsp3) is 1.00. The molecule has 1 nitrogen and oxygen atoms in total. The quantitative estimate of drug-likeness (QED) is 0.639. The van der Waals surface area contributed by atoms with Gasteiger partial charge in [-0.05, 0) is 30.6 Å². The Balaban J connectivity index is 3.58. The molecule has 0 saturated carbocycles. The topological polar surface area (TPSA) is 12.0 Å².